The molecular weight excluding hydrogens is 478 g/mol. The maximum absolute atomic E-state index is 13.8. The van der Waals surface area contributed by atoms with Crippen LogP contribution in [0.4, 0.5) is 13.6 Å². The number of halogens is 2. The monoisotopic (exact) mass is 518 g/mol. The Morgan fingerprint density at radius 1 is 1.08 bits per heavy atom. The maximum atomic E-state index is 13.8. The van der Waals surface area contributed by atoms with Crippen LogP contribution in [0, 0.1) is 17.0 Å². The third-order valence-electron chi connectivity index (χ3n) is 5.97. The number of hydrogen-bond acceptors (Lipinski definition) is 5. The highest BCUT2D eigenvalue weighted by molar-refractivity contribution is 5.68. The number of benzene rings is 2. The highest BCUT2D eigenvalue weighted by Gasteiger charge is 2.28. The Kier molecular flexibility index (Phi) is 9.18. The SMILES string of the molecule is CC(C)(C)Cc1ccc2c(c1)C(NC[C@@H](O)[C@H](Cc1cc(F)cc(F)c1)NC(=O)OC(C)(C)C)CCO2. The van der Waals surface area contributed by atoms with Gasteiger partial charge in [0, 0.05) is 30.6 Å². The van der Waals surface area contributed by atoms with Crippen molar-refractivity contribution in [1.82, 2.24) is 10.6 Å². The van der Waals surface area contributed by atoms with Crippen LogP contribution in [0.3, 0.4) is 0 Å². The predicted octanol–water partition coefficient (Wildman–Crippen LogP) is 5.46. The molecule has 0 radical (unpaired) electrons. The lowest BCUT2D eigenvalue weighted by Gasteiger charge is -2.31. The van der Waals surface area contributed by atoms with Gasteiger partial charge >= 0.3 is 6.09 Å². The number of ether oxygens (including phenoxy) is 2. The normalized spacial score (nSPS) is 17.4. The predicted molar refractivity (Wildman–Crippen MR) is 140 cm³/mol. The molecule has 1 unspecified atom stereocenters. The molecule has 37 heavy (non-hydrogen) atoms. The molecule has 2 aromatic carbocycles. The summed E-state index contributed by atoms with van der Waals surface area (Å²) in [5.74, 6) is -0.624. The highest BCUT2D eigenvalue weighted by atomic mass is 19.1. The molecule has 0 spiro atoms. The van der Waals surface area contributed by atoms with E-state index < -0.39 is 35.5 Å². The molecule has 1 heterocycles. The van der Waals surface area contributed by atoms with Crippen molar-refractivity contribution >= 4 is 6.09 Å². The summed E-state index contributed by atoms with van der Waals surface area (Å²) in [6.45, 7) is 12.5. The van der Waals surface area contributed by atoms with Gasteiger partial charge in [-0.25, -0.2) is 13.6 Å². The number of amides is 1. The summed E-state index contributed by atoms with van der Waals surface area (Å²) < 4.78 is 38.8. The van der Waals surface area contributed by atoms with Crippen molar-refractivity contribution in [3.63, 3.8) is 0 Å². The van der Waals surface area contributed by atoms with E-state index in [1.165, 1.54) is 17.7 Å². The summed E-state index contributed by atoms with van der Waals surface area (Å²) in [5.41, 5.74) is 1.96. The summed E-state index contributed by atoms with van der Waals surface area (Å²) in [6.07, 6.45) is -0.101. The Morgan fingerprint density at radius 2 is 1.76 bits per heavy atom. The molecule has 204 valence electrons. The summed E-state index contributed by atoms with van der Waals surface area (Å²) in [5, 5.41) is 17.2. The highest BCUT2D eigenvalue weighted by Crippen LogP contribution is 2.34. The number of alkyl carbamates (subject to hydrolysis) is 1. The molecule has 0 saturated heterocycles. The zero-order valence-corrected chi connectivity index (χ0v) is 22.7. The fourth-order valence-corrected chi connectivity index (χ4v) is 4.51. The average molecular weight is 519 g/mol. The first-order valence-electron chi connectivity index (χ1n) is 12.8. The largest absolute Gasteiger partial charge is 0.493 e. The Balaban J connectivity index is 1.74. The molecule has 0 aromatic heterocycles. The summed E-state index contributed by atoms with van der Waals surface area (Å²) in [4.78, 5) is 12.5. The lowest BCUT2D eigenvalue weighted by Crippen LogP contribution is -2.50. The van der Waals surface area contributed by atoms with Crippen LogP contribution in [0.2, 0.25) is 0 Å². The van der Waals surface area contributed by atoms with E-state index in [-0.39, 0.29) is 24.4 Å². The van der Waals surface area contributed by atoms with E-state index in [1.807, 2.05) is 6.07 Å². The maximum Gasteiger partial charge on any atom is 0.407 e. The van der Waals surface area contributed by atoms with Crippen LogP contribution in [-0.2, 0) is 17.6 Å². The van der Waals surface area contributed by atoms with Crippen LogP contribution in [-0.4, -0.2) is 42.1 Å². The Labute approximate surface area is 218 Å². The molecule has 1 amide bonds. The fraction of sp³-hybridized carbons (Fsp3) is 0.552. The Bertz CT molecular complexity index is 1060. The van der Waals surface area contributed by atoms with Gasteiger partial charge in [0.2, 0.25) is 0 Å². The zero-order valence-electron chi connectivity index (χ0n) is 22.7. The molecule has 0 saturated carbocycles. The van der Waals surface area contributed by atoms with Crippen molar-refractivity contribution in [3.05, 3.63) is 64.7 Å². The minimum absolute atomic E-state index is 0.0247. The first-order chi connectivity index (χ1) is 17.2. The number of aliphatic hydroxyl groups excluding tert-OH is 1. The van der Waals surface area contributed by atoms with Crippen molar-refractivity contribution in [2.75, 3.05) is 13.2 Å². The summed E-state index contributed by atoms with van der Waals surface area (Å²) in [7, 11) is 0. The molecule has 2 aromatic rings. The third-order valence-corrected chi connectivity index (χ3v) is 5.97. The van der Waals surface area contributed by atoms with Crippen molar-refractivity contribution in [3.8, 4) is 5.75 Å². The number of hydrogen-bond donors (Lipinski definition) is 3. The molecule has 1 aliphatic rings. The van der Waals surface area contributed by atoms with Crippen molar-refractivity contribution in [2.24, 2.45) is 5.41 Å². The van der Waals surface area contributed by atoms with Crippen LogP contribution in [0.1, 0.15) is 70.7 Å². The molecule has 1 aliphatic heterocycles. The van der Waals surface area contributed by atoms with Crippen LogP contribution >= 0.6 is 0 Å². The lowest BCUT2D eigenvalue weighted by atomic mass is 9.86. The van der Waals surface area contributed by atoms with E-state index in [4.69, 9.17) is 9.47 Å². The van der Waals surface area contributed by atoms with Crippen molar-refractivity contribution in [1.29, 1.82) is 0 Å². The lowest BCUT2D eigenvalue weighted by molar-refractivity contribution is 0.0418. The van der Waals surface area contributed by atoms with Gasteiger partial charge in [0.25, 0.3) is 0 Å². The Morgan fingerprint density at radius 3 is 2.38 bits per heavy atom. The molecule has 0 fully saturated rings. The van der Waals surface area contributed by atoms with Gasteiger partial charge in [-0.05, 0) is 68.4 Å². The minimum atomic E-state index is -1.05. The molecule has 6 nitrogen and oxygen atoms in total. The van der Waals surface area contributed by atoms with Gasteiger partial charge in [0.05, 0.1) is 18.8 Å². The van der Waals surface area contributed by atoms with Crippen LogP contribution in [0.25, 0.3) is 0 Å². The summed E-state index contributed by atoms with van der Waals surface area (Å²) in [6, 6.07) is 8.51. The fourth-order valence-electron chi connectivity index (χ4n) is 4.51. The number of nitrogens with one attached hydrogen (secondary N) is 2. The topological polar surface area (TPSA) is 79.8 Å². The second-order valence-electron chi connectivity index (χ2n) is 12.0. The van der Waals surface area contributed by atoms with Gasteiger partial charge in [-0.2, -0.15) is 0 Å². The van der Waals surface area contributed by atoms with E-state index in [0.29, 0.717) is 12.2 Å². The third kappa shape index (κ3) is 9.27. The van der Waals surface area contributed by atoms with E-state index in [2.05, 4.69) is 43.5 Å². The zero-order chi connectivity index (χ0) is 27.4. The first-order valence-corrected chi connectivity index (χ1v) is 12.8. The molecule has 3 N–H and O–H groups in total. The Hall–Kier alpha value is -2.71. The molecule has 0 aliphatic carbocycles. The van der Waals surface area contributed by atoms with Crippen LogP contribution < -0.4 is 15.4 Å². The van der Waals surface area contributed by atoms with Crippen LogP contribution in [0.15, 0.2) is 36.4 Å². The van der Waals surface area contributed by atoms with Gasteiger partial charge in [-0.3, -0.25) is 0 Å². The number of fused-ring (bicyclic) bond motifs is 1. The van der Waals surface area contributed by atoms with E-state index in [9.17, 15) is 18.7 Å². The number of carbonyl (C=O) groups is 1. The molecule has 3 rings (SSSR count). The standard InChI is InChI=1S/C29H40F2N2O4/c1-28(2,3)16-18-7-8-26-22(13-18)23(9-10-36-26)32-17-25(34)24(33-27(35)37-29(4,5)6)14-19-11-20(30)15-21(31)12-19/h7-8,11-13,15,23-25,32,34H,9-10,14,16-17H2,1-6H3,(H,33,35)/t23?,24-,25+/m0/s1. The van der Waals surface area contributed by atoms with Gasteiger partial charge < -0.3 is 25.2 Å². The molecule has 8 heteroatoms. The van der Waals surface area contributed by atoms with Gasteiger partial charge in [-0.1, -0.05) is 32.9 Å². The van der Waals surface area contributed by atoms with E-state index in [1.54, 1.807) is 20.8 Å². The van der Waals surface area contributed by atoms with Crippen molar-refractivity contribution < 1.29 is 28.2 Å². The quantitative estimate of drug-likeness (QED) is 0.432. The average Bonchev–Trinajstić information content (AvgIpc) is 2.74. The van der Waals surface area contributed by atoms with Gasteiger partial charge in [0.15, 0.2) is 0 Å². The number of aliphatic hydroxyl groups is 1. The van der Waals surface area contributed by atoms with Crippen LogP contribution in [0.5, 0.6) is 5.75 Å². The molecule has 3 atom stereocenters. The van der Waals surface area contributed by atoms with E-state index >= 15 is 0 Å². The van der Waals surface area contributed by atoms with E-state index in [0.717, 1.165) is 30.2 Å². The summed E-state index contributed by atoms with van der Waals surface area (Å²) >= 11 is 0. The first kappa shape index (κ1) is 28.9. The smallest absolute Gasteiger partial charge is 0.407 e. The van der Waals surface area contributed by atoms with Gasteiger partial charge in [-0.15, -0.1) is 0 Å². The second-order valence-corrected chi connectivity index (χ2v) is 12.0. The number of carbonyl (C=O) groups excluding carboxylic acids is 1. The molecule has 0 bridgehead atoms. The van der Waals surface area contributed by atoms with Crippen molar-refractivity contribution in [2.45, 2.75) is 84.6 Å². The van der Waals surface area contributed by atoms with Gasteiger partial charge in [0.1, 0.15) is 23.0 Å². The molecular formula is C29H40F2N2O4. The minimum Gasteiger partial charge on any atom is -0.493 e. The number of rotatable bonds is 8. The second kappa shape index (κ2) is 11.8.